The first-order valence-electron chi connectivity index (χ1n) is 7.34. The highest BCUT2D eigenvalue weighted by molar-refractivity contribution is 5.80. The van der Waals surface area contributed by atoms with Crippen LogP contribution in [0.15, 0.2) is 63.2 Å². The molecule has 1 heterocycles. The lowest BCUT2D eigenvalue weighted by Crippen LogP contribution is -2.32. The summed E-state index contributed by atoms with van der Waals surface area (Å²) in [6.07, 6.45) is 1.38. The molecule has 0 aliphatic rings. The van der Waals surface area contributed by atoms with Crippen LogP contribution in [-0.4, -0.2) is 28.4 Å². The molecule has 3 rings (SSSR count). The van der Waals surface area contributed by atoms with E-state index in [1.165, 1.54) is 6.21 Å². The quantitative estimate of drug-likeness (QED) is 0.656. The second-order valence-corrected chi connectivity index (χ2v) is 5.16. The standard InChI is InChI=1S/C17H14N4O4/c18-15(22)10-25-12-7-5-11(6-8-12)9-19-21-16(23)13-3-1-2-4-14(13)20-17(21)24/h1-9H,10H2,(H2,18,22)(H,20,24). The molecule has 126 valence electrons. The van der Waals surface area contributed by atoms with Gasteiger partial charge in [0, 0.05) is 0 Å². The Morgan fingerprint density at radius 2 is 1.88 bits per heavy atom. The van der Waals surface area contributed by atoms with Gasteiger partial charge in [-0.15, -0.1) is 4.68 Å². The van der Waals surface area contributed by atoms with Crippen LogP contribution < -0.4 is 21.7 Å². The van der Waals surface area contributed by atoms with Crippen LogP contribution in [0.5, 0.6) is 5.75 Å². The number of nitrogens with two attached hydrogens (primary N) is 1. The summed E-state index contributed by atoms with van der Waals surface area (Å²) in [6.45, 7) is -0.213. The van der Waals surface area contributed by atoms with Crippen molar-refractivity contribution in [2.24, 2.45) is 10.8 Å². The van der Waals surface area contributed by atoms with Crippen LogP contribution in [0.1, 0.15) is 5.56 Å². The molecule has 1 aromatic heterocycles. The number of carbonyl (C=O) groups is 1. The van der Waals surface area contributed by atoms with Crippen LogP contribution in [0.3, 0.4) is 0 Å². The van der Waals surface area contributed by atoms with E-state index in [1.807, 2.05) is 0 Å². The fourth-order valence-corrected chi connectivity index (χ4v) is 2.19. The summed E-state index contributed by atoms with van der Waals surface area (Å²) in [7, 11) is 0. The number of H-pyrrole nitrogens is 1. The number of para-hydroxylation sites is 1. The van der Waals surface area contributed by atoms with Gasteiger partial charge in [0.15, 0.2) is 6.61 Å². The molecule has 0 atom stereocenters. The molecule has 0 aliphatic heterocycles. The molecule has 25 heavy (non-hydrogen) atoms. The molecule has 0 fully saturated rings. The first-order valence-corrected chi connectivity index (χ1v) is 7.34. The Hall–Kier alpha value is -3.68. The van der Waals surface area contributed by atoms with Crippen molar-refractivity contribution in [3.05, 3.63) is 74.9 Å². The molecule has 1 amide bonds. The molecule has 8 nitrogen and oxygen atoms in total. The average molecular weight is 338 g/mol. The van der Waals surface area contributed by atoms with E-state index >= 15 is 0 Å². The zero-order valence-electron chi connectivity index (χ0n) is 13.0. The Morgan fingerprint density at radius 3 is 2.60 bits per heavy atom. The number of aromatic amines is 1. The summed E-state index contributed by atoms with van der Waals surface area (Å²) in [6, 6.07) is 13.3. The fourth-order valence-electron chi connectivity index (χ4n) is 2.19. The molecule has 0 bridgehead atoms. The maximum Gasteiger partial charge on any atom is 0.349 e. The number of hydrogen-bond donors (Lipinski definition) is 2. The summed E-state index contributed by atoms with van der Waals surface area (Å²) in [4.78, 5) is 37.6. The van der Waals surface area contributed by atoms with E-state index in [0.717, 1.165) is 4.68 Å². The minimum absolute atomic E-state index is 0.213. The van der Waals surface area contributed by atoms with Crippen LogP contribution in [0.4, 0.5) is 0 Å². The van der Waals surface area contributed by atoms with Crippen molar-refractivity contribution in [1.29, 1.82) is 0 Å². The highest BCUT2D eigenvalue weighted by Gasteiger charge is 2.05. The van der Waals surface area contributed by atoms with E-state index in [2.05, 4.69) is 10.1 Å². The highest BCUT2D eigenvalue weighted by atomic mass is 16.5. The van der Waals surface area contributed by atoms with Crippen molar-refractivity contribution < 1.29 is 9.53 Å². The minimum atomic E-state index is -0.624. The summed E-state index contributed by atoms with van der Waals surface area (Å²) in [5.74, 6) is -0.0998. The van der Waals surface area contributed by atoms with Crippen molar-refractivity contribution in [2.45, 2.75) is 0 Å². The van der Waals surface area contributed by atoms with Crippen molar-refractivity contribution in [2.75, 3.05) is 6.61 Å². The lowest BCUT2D eigenvalue weighted by molar-refractivity contribution is -0.119. The number of ether oxygens (including phenoxy) is 1. The number of fused-ring (bicyclic) bond motifs is 1. The van der Waals surface area contributed by atoms with Crippen molar-refractivity contribution >= 4 is 23.0 Å². The third kappa shape index (κ3) is 3.63. The predicted octanol–water partition coefficient (Wildman–Crippen LogP) is 0.436. The molecule has 0 radical (unpaired) electrons. The molecular formula is C17H14N4O4. The highest BCUT2D eigenvalue weighted by Crippen LogP contribution is 2.10. The second kappa shape index (κ2) is 6.83. The van der Waals surface area contributed by atoms with Gasteiger partial charge in [0.1, 0.15) is 5.75 Å². The number of primary amides is 1. The van der Waals surface area contributed by atoms with E-state index < -0.39 is 17.2 Å². The van der Waals surface area contributed by atoms with Gasteiger partial charge >= 0.3 is 5.69 Å². The first kappa shape index (κ1) is 16.2. The molecule has 3 N–H and O–H groups in total. The predicted molar refractivity (Wildman–Crippen MR) is 93.0 cm³/mol. The molecule has 0 saturated carbocycles. The van der Waals surface area contributed by atoms with Crippen LogP contribution in [0.2, 0.25) is 0 Å². The third-order valence-corrected chi connectivity index (χ3v) is 3.37. The van der Waals surface area contributed by atoms with Gasteiger partial charge in [-0.25, -0.2) is 4.79 Å². The number of amides is 1. The van der Waals surface area contributed by atoms with Gasteiger partial charge < -0.3 is 15.5 Å². The zero-order valence-corrected chi connectivity index (χ0v) is 13.0. The van der Waals surface area contributed by atoms with Crippen LogP contribution in [0, 0.1) is 0 Å². The second-order valence-electron chi connectivity index (χ2n) is 5.16. The lowest BCUT2D eigenvalue weighted by Gasteiger charge is -2.03. The Bertz CT molecular complexity index is 1060. The number of benzene rings is 2. The van der Waals surface area contributed by atoms with Gasteiger partial charge in [0.25, 0.3) is 11.5 Å². The minimum Gasteiger partial charge on any atom is -0.484 e. The monoisotopic (exact) mass is 338 g/mol. The van der Waals surface area contributed by atoms with Crippen molar-refractivity contribution in [1.82, 2.24) is 9.66 Å². The van der Waals surface area contributed by atoms with Crippen LogP contribution >= 0.6 is 0 Å². The summed E-state index contributed by atoms with van der Waals surface area (Å²) in [5.41, 5.74) is 4.98. The van der Waals surface area contributed by atoms with Crippen molar-refractivity contribution in [3.8, 4) is 5.75 Å². The molecule has 0 aliphatic carbocycles. The molecular weight excluding hydrogens is 324 g/mol. The number of rotatable bonds is 5. The fraction of sp³-hybridized carbons (Fsp3) is 0.0588. The molecule has 0 unspecified atom stereocenters. The molecule has 3 aromatic rings. The largest absolute Gasteiger partial charge is 0.484 e. The Labute approximate surface area is 141 Å². The Morgan fingerprint density at radius 1 is 1.16 bits per heavy atom. The van der Waals surface area contributed by atoms with Crippen LogP contribution in [-0.2, 0) is 4.79 Å². The van der Waals surface area contributed by atoms with Gasteiger partial charge in [-0.1, -0.05) is 12.1 Å². The van der Waals surface area contributed by atoms with E-state index in [9.17, 15) is 14.4 Å². The van der Waals surface area contributed by atoms with Gasteiger partial charge in [-0.2, -0.15) is 5.10 Å². The number of nitrogens with zero attached hydrogens (tertiary/aromatic N) is 2. The summed E-state index contributed by atoms with van der Waals surface area (Å²) >= 11 is 0. The maximum atomic E-state index is 12.3. The van der Waals surface area contributed by atoms with E-state index in [1.54, 1.807) is 48.5 Å². The zero-order chi connectivity index (χ0) is 17.8. The lowest BCUT2D eigenvalue weighted by atomic mass is 10.2. The van der Waals surface area contributed by atoms with Gasteiger partial charge in [-0.05, 0) is 42.0 Å². The molecule has 8 heteroatoms. The average Bonchev–Trinajstić information content (AvgIpc) is 2.60. The van der Waals surface area contributed by atoms with Gasteiger partial charge in [0.05, 0.1) is 17.1 Å². The number of aromatic nitrogens is 2. The van der Waals surface area contributed by atoms with Crippen LogP contribution in [0.25, 0.3) is 10.9 Å². The number of hydrogen-bond acceptors (Lipinski definition) is 5. The molecule has 2 aromatic carbocycles. The van der Waals surface area contributed by atoms with Crippen molar-refractivity contribution in [3.63, 3.8) is 0 Å². The van der Waals surface area contributed by atoms with Gasteiger partial charge in [-0.3, -0.25) is 9.59 Å². The van der Waals surface area contributed by atoms with Gasteiger partial charge in [0.2, 0.25) is 0 Å². The number of nitrogens with one attached hydrogen (secondary N) is 1. The van der Waals surface area contributed by atoms with E-state index in [4.69, 9.17) is 10.5 Å². The Balaban J connectivity index is 1.87. The summed E-state index contributed by atoms with van der Waals surface area (Å²) < 4.78 is 5.91. The maximum absolute atomic E-state index is 12.3. The number of carbonyl (C=O) groups excluding carboxylic acids is 1. The third-order valence-electron chi connectivity index (χ3n) is 3.37. The molecule has 0 spiro atoms. The van der Waals surface area contributed by atoms with E-state index in [-0.39, 0.29) is 6.61 Å². The SMILES string of the molecule is NC(=O)COc1ccc(C=Nn2c(=O)[nH]c3ccccc3c2=O)cc1. The first-order chi connectivity index (χ1) is 12.0. The Kier molecular flexibility index (Phi) is 4.42. The smallest absolute Gasteiger partial charge is 0.349 e. The summed E-state index contributed by atoms with van der Waals surface area (Å²) in [5, 5.41) is 4.32. The van der Waals surface area contributed by atoms with E-state index in [0.29, 0.717) is 22.2 Å². The normalized spacial score (nSPS) is 11.0. The topological polar surface area (TPSA) is 120 Å². The molecule has 0 saturated heterocycles.